The molecule has 11 rings (SSSR count). The van der Waals surface area contributed by atoms with E-state index < -0.39 is 30.7 Å². The average molecular weight is 1200 g/mol. The molecule has 0 bridgehead atoms. The van der Waals surface area contributed by atoms with Gasteiger partial charge in [-0.1, -0.05) is 170 Å². The van der Waals surface area contributed by atoms with Crippen LogP contribution in [0.25, 0.3) is 0 Å². The van der Waals surface area contributed by atoms with Crippen LogP contribution < -0.4 is 36.6 Å². The molecule has 0 N–H and O–H groups in total. The molecular formula is C57H49ClIrO9P3+2. The van der Waals surface area contributed by atoms with E-state index in [0.29, 0.717) is 0 Å². The Morgan fingerprint density at radius 2 is 0.831 bits per heavy atom. The second kappa shape index (κ2) is 27.3. The molecule has 3 unspecified atom stereocenters. The molecule has 8 aromatic carbocycles. The van der Waals surface area contributed by atoms with Gasteiger partial charge in [-0.15, -0.1) is 23.9 Å². The maximum absolute atomic E-state index is 6.23. The maximum atomic E-state index is 6.23. The molecule has 9 nitrogen and oxygen atoms in total. The Bertz CT molecular complexity index is 2580. The fourth-order valence-electron chi connectivity index (χ4n) is 6.87. The predicted molar refractivity (Wildman–Crippen MR) is 283 cm³/mol. The SMILES string of the molecule is C1=CC2[CH-][P+](Oc3ccccc3)(Oc3ccccc3)OC2C=C1.[Cl][Ir+2].c1ccc(OC(Oc2ccccc2)P2[CH-]c3ccccc3O2)cc1.c1ccc(O[PH+](Oc2ccccc2)Oc2ccccc2)cc1. The number of hydrogen-bond donors (Lipinski definition) is 0. The summed E-state index contributed by atoms with van der Waals surface area (Å²) in [6.07, 6.45) is 12.4. The summed E-state index contributed by atoms with van der Waals surface area (Å²) in [7, 11) is -1.04. The minimum atomic E-state index is -2.62. The van der Waals surface area contributed by atoms with Crippen LogP contribution in [0.5, 0.6) is 46.0 Å². The molecule has 360 valence electrons. The first-order valence-electron chi connectivity index (χ1n) is 22.4. The zero-order valence-electron chi connectivity index (χ0n) is 38.0. The summed E-state index contributed by atoms with van der Waals surface area (Å²) in [5, 5.41) is 0. The van der Waals surface area contributed by atoms with Gasteiger partial charge in [0.05, 0.1) is 0 Å². The summed E-state index contributed by atoms with van der Waals surface area (Å²) in [6.45, 7) is 0. The summed E-state index contributed by atoms with van der Waals surface area (Å²) in [5.41, 5.74) is 1.09. The molecule has 2 heterocycles. The molecule has 0 saturated carbocycles. The van der Waals surface area contributed by atoms with Crippen LogP contribution in [0.15, 0.2) is 261 Å². The Morgan fingerprint density at radius 1 is 0.465 bits per heavy atom. The molecule has 1 aliphatic carbocycles. The second-order valence-electron chi connectivity index (χ2n) is 15.2. The first kappa shape index (κ1) is 51.1. The fraction of sp³-hybridized carbons (Fsp3) is 0.0526. The molecule has 3 atom stereocenters. The quantitative estimate of drug-likeness (QED) is 0.0566. The van der Waals surface area contributed by atoms with Crippen LogP contribution in [-0.2, 0) is 22.4 Å². The van der Waals surface area contributed by atoms with E-state index in [9.17, 15) is 0 Å². The summed E-state index contributed by atoms with van der Waals surface area (Å²) in [6, 6.07) is 74.8. The normalized spacial score (nSPS) is 16.3. The zero-order valence-corrected chi connectivity index (χ0v) is 43.9. The molecule has 1 saturated heterocycles. The molecule has 2 aliphatic heterocycles. The third-order valence-corrected chi connectivity index (χ3v) is 15.0. The van der Waals surface area contributed by atoms with Crippen LogP contribution in [0.1, 0.15) is 5.56 Å². The predicted octanol–water partition coefficient (Wildman–Crippen LogP) is 16.5. The third-order valence-electron chi connectivity index (χ3n) is 10.1. The summed E-state index contributed by atoms with van der Waals surface area (Å²) >= 11 is 1.47. The van der Waals surface area contributed by atoms with Gasteiger partial charge in [0, 0.05) is 5.75 Å². The second-order valence-corrected chi connectivity index (χ2v) is 19.8. The van der Waals surface area contributed by atoms with Gasteiger partial charge < -0.3 is 23.0 Å². The van der Waals surface area contributed by atoms with Crippen LogP contribution in [0.3, 0.4) is 0 Å². The Balaban J connectivity index is 0.000000140. The zero-order chi connectivity index (χ0) is 48.8. The Morgan fingerprint density at radius 3 is 1.24 bits per heavy atom. The van der Waals surface area contributed by atoms with E-state index >= 15 is 0 Å². The average Bonchev–Trinajstić information content (AvgIpc) is 4.03. The molecule has 71 heavy (non-hydrogen) atoms. The van der Waals surface area contributed by atoms with Crippen LogP contribution in [0, 0.1) is 18.2 Å². The van der Waals surface area contributed by atoms with E-state index in [4.69, 9.17) is 41.1 Å². The number of allylic oxidation sites excluding steroid dienone is 2. The minimum Gasteiger partial charge on any atom is -0.530 e. The summed E-state index contributed by atoms with van der Waals surface area (Å²) < 4.78 is 54.5. The van der Waals surface area contributed by atoms with Gasteiger partial charge in [0.2, 0.25) is 0 Å². The molecule has 0 amide bonds. The van der Waals surface area contributed by atoms with Gasteiger partial charge in [0.15, 0.2) is 28.7 Å². The number of benzene rings is 8. The Hall–Kier alpha value is -6.30. The number of para-hydroxylation sites is 8. The van der Waals surface area contributed by atoms with Crippen molar-refractivity contribution in [2.24, 2.45) is 5.92 Å². The van der Waals surface area contributed by atoms with Crippen molar-refractivity contribution in [1.82, 2.24) is 0 Å². The van der Waals surface area contributed by atoms with Crippen molar-refractivity contribution in [3.8, 4) is 46.0 Å². The van der Waals surface area contributed by atoms with E-state index in [-0.39, 0.29) is 12.0 Å². The van der Waals surface area contributed by atoms with Gasteiger partial charge in [-0.25, -0.2) is 0 Å². The van der Waals surface area contributed by atoms with Gasteiger partial charge >= 0.3 is 44.0 Å². The van der Waals surface area contributed by atoms with Crippen LogP contribution in [-0.4, -0.2) is 12.1 Å². The molecule has 0 aromatic heterocycles. The Kier molecular flexibility index (Phi) is 19.7. The smallest absolute Gasteiger partial charge is 0.528 e. The summed E-state index contributed by atoms with van der Waals surface area (Å²) in [4.78, 5) is 0. The first-order valence-corrected chi connectivity index (χ1v) is 29.6. The van der Waals surface area contributed by atoms with E-state index in [1.165, 1.54) is 17.9 Å². The van der Waals surface area contributed by atoms with Crippen molar-refractivity contribution in [2.45, 2.75) is 12.1 Å². The van der Waals surface area contributed by atoms with Gasteiger partial charge in [0.1, 0.15) is 25.8 Å². The molecular weight excluding hydrogens is 1150 g/mol. The van der Waals surface area contributed by atoms with Gasteiger partial charge in [-0.2, -0.15) is 10.6 Å². The van der Waals surface area contributed by atoms with Gasteiger partial charge in [0.25, 0.3) is 6.03 Å². The maximum Gasteiger partial charge on any atom is 0.528 e. The monoisotopic (exact) mass is 1200 g/mol. The largest absolute Gasteiger partial charge is 0.530 e. The molecule has 3 aliphatic rings. The third kappa shape index (κ3) is 15.8. The molecule has 0 spiro atoms. The number of hydrogen-bond acceptors (Lipinski definition) is 9. The van der Waals surface area contributed by atoms with E-state index in [0.717, 1.165) is 51.6 Å². The van der Waals surface area contributed by atoms with Crippen molar-refractivity contribution in [3.63, 3.8) is 0 Å². The fourth-order valence-corrected chi connectivity index (χ4v) is 12.0. The molecule has 8 aromatic rings. The Labute approximate surface area is 433 Å². The van der Waals surface area contributed by atoms with Gasteiger partial charge in [-0.05, 0) is 84.9 Å². The van der Waals surface area contributed by atoms with Crippen LogP contribution in [0.2, 0.25) is 0 Å². The van der Waals surface area contributed by atoms with Crippen LogP contribution in [0.4, 0.5) is 0 Å². The minimum absolute atomic E-state index is 0.0271. The number of rotatable bonds is 15. The first-order chi connectivity index (χ1) is 35.1. The van der Waals surface area contributed by atoms with Crippen molar-refractivity contribution < 1.29 is 59.0 Å². The van der Waals surface area contributed by atoms with Gasteiger partial charge in [-0.3, -0.25) is 13.6 Å². The summed E-state index contributed by atoms with van der Waals surface area (Å²) in [5.74, 6) is 6.25. The van der Waals surface area contributed by atoms with Crippen molar-refractivity contribution in [1.29, 1.82) is 0 Å². The van der Waals surface area contributed by atoms with Crippen LogP contribution >= 0.6 is 34.3 Å². The number of fused-ring (bicyclic) bond motifs is 2. The van der Waals surface area contributed by atoms with Crippen molar-refractivity contribution in [3.05, 3.63) is 279 Å². The van der Waals surface area contributed by atoms with Crippen molar-refractivity contribution in [2.75, 3.05) is 0 Å². The van der Waals surface area contributed by atoms with E-state index in [2.05, 4.69) is 28.0 Å². The topological polar surface area (TPSA) is 83.1 Å². The van der Waals surface area contributed by atoms with Crippen molar-refractivity contribution >= 4 is 34.3 Å². The number of halogens is 1. The molecule has 14 heteroatoms. The van der Waals surface area contributed by atoms with E-state index in [1.807, 2.05) is 255 Å². The molecule has 0 radical (unpaired) electrons. The molecule has 1 fully saturated rings. The number of ether oxygens (including phenoxy) is 2. The standard InChI is InChI=1S/C20H16O3P.C19H17O3P.C18H16O3P.ClH.Ir/c1-3-10-17(11-4-1)21-20(22-18-12-5-2-6-13-18)24-15-16-9-7-8-14-19(16)23-24;1-3-10-17(11-4-1)20-23(21-18-12-5-2-6-13-18)15-16-9-7-8-14-19(16)22-23;1-4-10-16(11-5-1)19-22(20-17-12-6-2-7-13-17)21-18-14-8-3-9-15-18;;/h1-15,20H;1-16,19H;1-15,22H;1H;/q-1;;+1;;+3/p-1. The van der Waals surface area contributed by atoms with E-state index in [1.54, 1.807) is 0 Å².